The Morgan fingerprint density at radius 3 is 1.04 bits per heavy atom. The number of nitrogens with two attached hydrogens (primary N) is 2. The number of unbranched alkanes of at least 4 members (excludes halogenated alkanes) is 2. The van der Waals surface area contributed by atoms with E-state index >= 15 is 0 Å². The zero-order valence-corrected chi connectivity index (χ0v) is 70.5. The quantitative estimate of drug-likeness (QED) is 0.0168. The second-order valence-corrected chi connectivity index (χ2v) is 29.2. The molecule has 3 aliphatic heterocycles. The van der Waals surface area contributed by atoms with E-state index in [9.17, 15) is 112 Å². The molecule has 0 aromatic heterocycles. The number of hydrogen-bond donors (Lipinski definition) is 24. The van der Waals surface area contributed by atoms with Crippen LogP contribution in [0.2, 0.25) is 0 Å². The molecule has 3 saturated heterocycles. The second kappa shape index (κ2) is 55.3. The third-order valence-corrected chi connectivity index (χ3v) is 19.4. The summed E-state index contributed by atoms with van der Waals surface area (Å²) in [5.41, 5.74) is 11.9. The number of carbonyl (C=O) groups excluding carboxylic acids is 13. The number of benzene rings is 2. The summed E-state index contributed by atoms with van der Waals surface area (Å²) in [6.07, 6.45) is -3.25. The predicted molar refractivity (Wildman–Crippen MR) is 428 cm³/mol. The normalized spacial score (nSPS) is 21.1. The average molecular weight is 1790 g/mol. The van der Waals surface area contributed by atoms with Crippen LogP contribution in [0, 0.1) is 10.8 Å². The van der Waals surface area contributed by atoms with Crippen LogP contribution in [-0.2, 0) is 132 Å². The SMILES string of the molecule is N=C(N)NCCC[C@@H]1NC(=O)[C@H](CCCCNC(=O)CC[C@H](NC(=O)CN2CCN(CC(=O)O)CCN(CC(=O)O)CCN(CC(=O)O)CC2)C(=O)NCCCC[C@@H]2NC(=O)[C@@H](Cc3ccccc3)NC(=O)[C@H](CC(=O)O)NC(=O)CNC(=O)[C@H](CCCNC(=N)N)NC2=O)NC(=O)[C@@H](Cc2ccccc2)NC(=O)[C@H](CC(=O)O)NC(=O)CNC1=O.[90Y]. The molecule has 9 atom stereocenters. The number of hydrogen-bond acceptors (Lipinski definition) is 24. The van der Waals surface area contributed by atoms with Crippen molar-refractivity contribution < 1.29 is 145 Å². The van der Waals surface area contributed by atoms with Crippen LogP contribution in [-0.4, -0.2) is 336 Å². The molecule has 2 aromatic rings. The van der Waals surface area contributed by atoms with Crippen molar-refractivity contribution in [1.82, 2.24) is 99.4 Å². The Morgan fingerprint density at radius 1 is 0.377 bits per heavy atom. The molecule has 0 aliphatic carbocycles. The van der Waals surface area contributed by atoms with Crippen LogP contribution >= 0.6 is 0 Å². The zero-order chi connectivity index (χ0) is 88.9. The zero-order valence-electron chi connectivity index (χ0n) is 67.6. The minimum Gasteiger partial charge on any atom is -0.481 e. The molecule has 3 fully saturated rings. The van der Waals surface area contributed by atoms with Crippen LogP contribution < -0.4 is 91.2 Å². The number of carboxylic acid groups (broad SMARTS) is 5. The third kappa shape index (κ3) is 41.6. The number of carbonyl (C=O) groups is 18. The van der Waals surface area contributed by atoms with Crippen molar-refractivity contribution in [3.05, 3.63) is 71.8 Å². The molecule has 2 aromatic carbocycles. The van der Waals surface area contributed by atoms with Crippen molar-refractivity contribution in [3.63, 3.8) is 0 Å². The fourth-order valence-corrected chi connectivity index (χ4v) is 13.1. The van der Waals surface area contributed by atoms with Crippen molar-refractivity contribution in [1.29, 1.82) is 10.8 Å². The van der Waals surface area contributed by atoms with Crippen molar-refractivity contribution >= 4 is 119 Å². The Bertz CT molecular complexity index is 3900. The Kier molecular flexibility index (Phi) is 46.6. The van der Waals surface area contributed by atoms with E-state index in [2.05, 4.69) is 79.8 Å². The van der Waals surface area contributed by atoms with Gasteiger partial charge in [-0.15, -0.1) is 0 Å². The second-order valence-electron chi connectivity index (χ2n) is 29.2. The van der Waals surface area contributed by atoms with Gasteiger partial charge in [0.2, 0.25) is 76.8 Å². The van der Waals surface area contributed by atoms with Gasteiger partial charge in [-0.25, -0.2) is 0 Å². The summed E-state index contributed by atoms with van der Waals surface area (Å²) < 4.78 is 0. The Morgan fingerprint density at radius 2 is 0.689 bits per heavy atom. The van der Waals surface area contributed by atoms with Crippen molar-refractivity contribution in [2.24, 2.45) is 11.5 Å². The Labute approximate surface area is 727 Å². The number of amides is 13. The average Bonchev–Trinajstić information content (AvgIpc) is 1.50. The molecule has 47 heteroatoms. The number of carboxylic acids is 5. The monoisotopic (exact) mass is 1790 g/mol. The van der Waals surface area contributed by atoms with Crippen molar-refractivity contribution in [2.75, 3.05) is 118 Å². The van der Waals surface area contributed by atoms with Gasteiger partial charge in [0.05, 0.1) is 52.1 Å². The van der Waals surface area contributed by atoms with Gasteiger partial charge in [0.1, 0.15) is 54.4 Å². The van der Waals surface area contributed by atoms with Gasteiger partial charge in [0, 0.05) is 131 Å². The summed E-state index contributed by atoms with van der Waals surface area (Å²) in [7, 11) is 0. The van der Waals surface area contributed by atoms with Crippen LogP contribution in [0.1, 0.15) is 101 Å². The summed E-state index contributed by atoms with van der Waals surface area (Å²) in [5.74, 6) is -19.2. The van der Waals surface area contributed by atoms with Crippen LogP contribution in [0.3, 0.4) is 0 Å². The van der Waals surface area contributed by atoms with Gasteiger partial charge in [-0.1, -0.05) is 60.7 Å². The molecule has 669 valence electrons. The molecule has 46 nitrogen and oxygen atoms in total. The standard InChI is InChI=1S/C75H113N23O23.Y/c76-74(77)82-25-11-19-47-66(114)84-39-57(100)87-54(37-60(103)104)72(120)93-52(35-45-13-3-1-4-14-45)70(118)91-49(68(116)89-47)17-7-9-23-80-56(99)22-21-51(86-59(102)41-95-27-29-96(42-62(107)108)31-33-98(44-64(111)112)34-32-97(30-28-95)43-63(109)110)65(113)81-24-10-8-18-50-69(117)90-48(20-12-26-83-75(78)79)67(115)85-40-58(101)88-55(38-61(105)106)73(121)94-53(71(119)92-50)36-46-15-5-2-6-16-46;/h1-6,13-16,47-55H,7-12,17-44H2,(H,80,99)(H,81,113)(H,84,114)(H,85,115)(H,86,102)(H,87,100)(H,88,101)(H,89,116)(H,90,117)(H,91,118)(H,92,119)(H,93,120)(H,94,121)(H,103,104)(H,105,106)(H,107,108)(H,109,110)(H,111,112)(H4,76,77,82)(H4,78,79,83);/t47-,48-,49-,50-,51-,52+,53+,54-,55-;/m0./s1/i;1+1. The molecular formula is C75H113N23O23Y. The van der Waals surface area contributed by atoms with E-state index in [0.717, 1.165) is 0 Å². The molecule has 0 saturated carbocycles. The minimum absolute atomic E-state index is 0. The first-order valence-corrected chi connectivity index (χ1v) is 39.6. The fraction of sp³-hybridized carbons (Fsp3) is 0.573. The van der Waals surface area contributed by atoms with E-state index in [1.165, 1.54) is 9.80 Å². The third-order valence-electron chi connectivity index (χ3n) is 19.4. The molecule has 26 N–H and O–H groups in total. The topological polar surface area (TPSA) is 702 Å². The summed E-state index contributed by atoms with van der Waals surface area (Å²) in [6, 6.07) is 2.82. The first kappa shape index (κ1) is 103. The molecule has 0 spiro atoms. The van der Waals surface area contributed by atoms with Gasteiger partial charge in [-0.05, 0) is 81.8 Å². The number of nitrogens with one attached hydrogen (secondary N) is 17. The van der Waals surface area contributed by atoms with Crippen LogP contribution in [0.25, 0.3) is 0 Å². The molecule has 5 rings (SSSR count). The van der Waals surface area contributed by atoms with Gasteiger partial charge in [-0.3, -0.25) is 117 Å². The first-order valence-electron chi connectivity index (χ1n) is 39.6. The maximum atomic E-state index is 14.5. The van der Waals surface area contributed by atoms with Crippen LogP contribution in [0.4, 0.5) is 0 Å². The van der Waals surface area contributed by atoms with Gasteiger partial charge < -0.3 is 117 Å². The van der Waals surface area contributed by atoms with Gasteiger partial charge in [0.25, 0.3) is 0 Å². The summed E-state index contributed by atoms with van der Waals surface area (Å²) in [4.78, 5) is 248. The fourth-order valence-electron chi connectivity index (χ4n) is 13.1. The largest absolute Gasteiger partial charge is 0.481 e. The summed E-state index contributed by atoms with van der Waals surface area (Å²) in [5, 5.41) is 102. The predicted octanol–water partition coefficient (Wildman–Crippen LogP) is -8.60. The molecule has 3 aliphatic rings. The van der Waals surface area contributed by atoms with E-state index < -0.39 is 226 Å². The number of guanidine groups is 2. The number of nitrogens with zero attached hydrogens (tertiary/aromatic N) is 4. The van der Waals surface area contributed by atoms with Crippen molar-refractivity contribution in [3.8, 4) is 0 Å². The Hall–Kier alpha value is -11.6. The molecule has 3 heterocycles. The smallest absolute Gasteiger partial charge is 0.317 e. The van der Waals surface area contributed by atoms with E-state index in [1.54, 1.807) is 70.5 Å². The van der Waals surface area contributed by atoms with Gasteiger partial charge in [0.15, 0.2) is 11.9 Å². The van der Waals surface area contributed by atoms with Crippen molar-refractivity contribution in [2.45, 2.75) is 157 Å². The maximum absolute atomic E-state index is 14.5. The summed E-state index contributed by atoms with van der Waals surface area (Å²) >= 11 is 0. The van der Waals surface area contributed by atoms with E-state index in [1.807, 2.05) is 0 Å². The van der Waals surface area contributed by atoms with E-state index in [-0.39, 0.29) is 201 Å². The molecule has 122 heavy (non-hydrogen) atoms. The van der Waals surface area contributed by atoms with Crippen LogP contribution in [0.15, 0.2) is 60.7 Å². The minimum atomic E-state index is -1.76. The number of aliphatic carboxylic acids is 5. The molecular weight excluding hydrogens is 1680 g/mol. The van der Waals surface area contributed by atoms with Gasteiger partial charge >= 0.3 is 29.8 Å². The van der Waals surface area contributed by atoms with E-state index in [0.29, 0.717) is 11.1 Å². The number of rotatable bonds is 39. The molecule has 0 bridgehead atoms. The molecule has 13 amide bonds. The van der Waals surface area contributed by atoms with Gasteiger partial charge in [-0.2, -0.15) is 0 Å². The van der Waals surface area contributed by atoms with E-state index in [4.69, 9.17) is 22.3 Å². The maximum Gasteiger partial charge on any atom is 0.317 e. The van der Waals surface area contributed by atoms with Crippen LogP contribution in [0.5, 0.6) is 0 Å². The Balaban J connectivity index is 0.0000312. The molecule has 1 radical (unpaired) electrons. The summed E-state index contributed by atoms with van der Waals surface area (Å²) in [6.45, 7) is -3.24. The molecule has 0 unspecified atom stereocenters. The first-order chi connectivity index (χ1) is 57.6.